The van der Waals surface area contributed by atoms with Crippen molar-refractivity contribution in [3.05, 3.63) is 53.0 Å². The topological polar surface area (TPSA) is 85.8 Å². The number of rotatable bonds is 6. The summed E-state index contributed by atoms with van der Waals surface area (Å²) in [4.78, 5) is 16.5. The molecule has 7 nitrogen and oxygen atoms in total. The molecule has 0 spiro atoms. The standard InChI is InChI=1S/C20H22ClN5O2/c21-15-7-5-14(6-8-15)16-12-23-20(28-16)10-9-19(27)22-13-18-25-24-17-4-2-1-3-11-26(17)18/h5-8,12H,1-4,9-11,13H2,(H,22,27). The van der Waals surface area contributed by atoms with Gasteiger partial charge in [0.1, 0.15) is 5.82 Å². The molecule has 0 bridgehead atoms. The van der Waals surface area contributed by atoms with Crippen molar-refractivity contribution >= 4 is 17.5 Å². The normalized spacial score (nSPS) is 13.8. The maximum Gasteiger partial charge on any atom is 0.220 e. The van der Waals surface area contributed by atoms with Crippen LogP contribution in [0.15, 0.2) is 34.9 Å². The largest absolute Gasteiger partial charge is 0.441 e. The number of amides is 1. The Morgan fingerprint density at radius 3 is 2.89 bits per heavy atom. The van der Waals surface area contributed by atoms with E-state index in [1.807, 2.05) is 12.1 Å². The summed E-state index contributed by atoms with van der Waals surface area (Å²) in [7, 11) is 0. The quantitative estimate of drug-likeness (QED) is 0.684. The lowest BCUT2D eigenvalue weighted by molar-refractivity contribution is -0.121. The molecule has 0 atom stereocenters. The Kier molecular flexibility index (Phi) is 5.71. The number of aryl methyl sites for hydroxylation is 2. The smallest absolute Gasteiger partial charge is 0.220 e. The maximum absolute atomic E-state index is 12.2. The fourth-order valence-electron chi connectivity index (χ4n) is 3.34. The van der Waals surface area contributed by atoms with Crippen molar-refractivity contribution in [1.29, 1.82) is 0 Å². The summed E-state index contributed by atoms with van der Waals surface area (Å²) in [6, 6.07) is 7.36. The summed E-state index contributed by atoms with van der Waals surface area (Å²) < 4.78 is 7.88. The Morgan fingerprint density at radius 2 is 2.04 bits per heavy atom. The zero-order chi connectivity index (χ0) is 19.3. The summed E-state index contributed by atoms with van der Waals surface area (Å²) >= 11 is 5.90. The van der Waals surface area contributed by atoms with Crippen LogP contribution in [-0.2, 0) is 30.7 Å². The predicted octanol–water partition coefficient (Wildman–Crippen LogP) is 3.56. The first kappa shape index (κ1) is 18.7. The van der Waals surface area contributed by atoms with Crippen LogP contribution in [0.1, 0.15) is 43.2 Å². The van der Waals surface area contributed by atoms with E-state index in [1.54, 1.807) is 18.3 Å². The fraction of sp³-hybridized carbons (Fsp3) is 0.400. The van der Waals surface area contributed by atoms with Crippen LogP contribution < -0.4 is 5.32 Å². The second-order valence-corrected chi connectivity index (χ2v) is 7.33. The average molecular weight is 400 g/mol. The molecule has 4 rings (SSSR count). The molecule has 3 aromatic rings. The molecule has 0 radical (unpaired) electrons. The number of benzene rings is 1. The van der Waals surface area contributed by atoms with Crippen molar-refractivity contribution in [2.45, 2.75) is 51.6 Å². The molecular formula is C20H22ClN5O2. The molecule has 1 aliphatic rings. The number of hydrogen-bond acceptors (Lipinski definition) is 5. The average Bonchev–Trinajstić information content (AvgIpc) is 3.26. The molecule has 3 heterocycles. The van der Waals surface area contributed by atoms with Gasteiger partial charge < -0.3 is 14.3 Å². The first-order chi connectivity index (χ1) is 13.7. The number of hydrogen-bond donors (Lipinski definition) is 1. The van der Waals surface area contributed by atoms with Crippen molar-refractivity contribution in [3.63, 3.8) is 0 Å². The molecule has 0 saturated carbocycles. The third-order valence-corrected chi connectivity index (χ3v) is 5.13. The van der Waals surface area contributed by atoms with Crippen molar-refractivity contribution in [2.24, 2.45) is 0 Å². The van der Waals surface area contributed by atoms with Crippen molar-refractivity contribution < 1.29 is 9.21 Å². The SMILES string of the molecule is O=C(CCc1ncc(-c2ccc(Cl)cc2)o1)NCc1nnc2n1CCCCC2. The van der Waals surface area contributed by atoms with Gasteiger partial charge in [0.15, 0.2) is 17.5 Å². The number of oxazole rings is 1. The highest BCUT2D eigenvalue weighted by molar-refractivity contribution is 6.30. The van der Waals surface area contributed by atoms with Crippen LogP contribution in [0.5, 0.6) is 0 Å². The lowest BCUT2D eigenvalue weighted by Gasteiger charge is -2.08. The fourth-order valence-corrected chi connectivity index (χ4v) is 3.46. The molecule has 0 saturated heterocycles. The Balaban J connectivity index is 1.28. The van der Waals surface area contributed by atoms with Crippen LogP contribution in [0.4, 0.5) is 0 Å². The maximum atomic E-state index is 12.2. The van der Waals surface area contributed by atoms with Gasteiger partial charge in [0.05, 0.1) is 12.7 Å². The van der Waals surface area contributed by atoms with Gasteiger partial charge in [0.2, 0.25) is 5.91 Å². The Hall–Kier alpha value is -2.67. The van der Waals surface area contributed by atoms with Gasteiger partial charge in [-0.1, -0.05) is 18.0 Å². The highest BCUT2D eigenvalue weighted by Crippen LogP contribution is 2.22. The summed E-state index contributed by atoms with van der Waals surface area (Å²) in [6.45, 7) is 1.32. The molecule has 0 aliphatic carbocycles. The zero-order valence-electron chi connectivity index (χ0n) is 15.5. The number of nitrogens with zero attached hydrogens (tertiary/aromatic N) is 4. The Labute approximate surface area is 168 Å². The molecular weight excluding hydrogens is 378 g/mol. The van der Waals surface area contributed by atoms with E-state index in [1.165, 1.54) is 6.42 Å². The number of nitrogens with one attached hydrogen (secondary N) is 1. The molecule has 28 heavy (non-hydrogen) atoms. The van der Waals surface area contributed by atoms with Crippen LogP contribution in [0, 0.1) is 0 Å². The minimum Gasteiger partial charge on any atom is -0.441 e. The minimum absolute atomic E-state index is 0.0581. The lowest BCUT2D eigenvalue weighted by atomic mass is 10.2. The zero-order valence-corrected chi connectivity index (χ0v) is 16.3. The van der Waals surface area contributed by atoms with E-state index in [9.17, 15) is 4.79 Å². The van der Waals surface area contributed by atoms with Crippen LogP contribution in [0.2, 0.25) is 5.02 Å². The van der Waals surface area contributed by atoms with Gasteiger partial charge in [-0.15, -0.1) is 10.2 Å². The van der Waals surface area contributed by atoms with E-state index in [-0.39, 0.29) is 5.91 Å². The Bertz CT molecular complexity index is 948. The monoisotopic (exact) mass is 399 g/mol. The molecule has 1 aromatic carbocycles. The minimum atomic E-state index is -0.0581. The first-order valence-electron chi connectivity index (χ1n) is 9.57. The van der Waals surface area contributed by atoms with Crippen LogP contribution in [0.25, 0.3) is 11.3 Å². The van der Waals surface area contributed by atoms with E-state index in [2.05, 4.69) is 25.1 Å². The highest BCUT2D eigenvalue weighted by atomic mass is 35.5. The molecule has 146 valence electrons. The molecule has 1 aliphatic heterocycles. The van der Waals surface area contributed by atoms with Gasteiger partial charge in [-0.2, -0.15) is 0 Å². The van der Waals surface area contributed by atoms with E-state index >= 15 is 0 Å². The number of fused-ring (bicyclic) bond motifs is 1. The van der Waals surface area contributed by atoms with Crippen molar-refractivity contribution in [3.8, 4) is 11.3 Å². The van der Waals surface area contributed by atoms with Gasteiger partial charge in [-0.3, -0.25) is 4.79 Å². The second-order valence-electron chi connectivity index (χ2n) is 6.90. The van der Waals surface area contributed by atoms with E-state index in [0.717, 1.165) is 43.0 Å². The number of carbonyl (C=O) groups is 1. The summed E-state index contributed by atoms with van der Waals surface area (Å²) in [5.41, 5.74) is 0.903. The van der Waals surface area contributed by atoms with Crippen molar-refractivity contribution in [1.82, 2.24) is 25.1 Å². The summed E-state index contributed by atoms with van der Waals surface area (Å²) in [6.07, 6.45) is 6.87. The summed E-state index contributed by atoms with van der Waals surface area (Å²) in [5, 5.41) is 12.1. The lowest BCUT2D eigenvalue weighted by Crippen LogP contribution is -2.25. The Morgan fingerprint density at radius 1 is 1.18 bits per heavy atom. The third kappa shape index (κ3) is 4.42. The van der Waals surface area contributed by atoms with Crippen LogP contribution in [-0.4, -0.2) is 25.7 Å². The summed E-state index contributed by atoms with van der Waals surface area (Å²) in [5.74, 6) is 2.99. The first-order valence-corrected chi connectivity index (χ1v) is 9.95. The molecule has 8 heteroatoms. The predicted molar refractivity (Wildman–Crippen MR) is 105 cm³/mol. The van der Waals surface area contributed by atoms with Gasteiger partial charge >= 0.3 is 0 Å². The molecule has 0 fully saturated rings. The van der Waals surface area contributed by atoms with Gasteiger partial charge in [0.25, 0.3) is 0 Å². The molecule has 0 unspecified atom stereocenters. The van der Waals surface area contributed by atoms with E-state index < -0.39 is 0 Å². The van der Waals surface area contributed by atoms with Gasteiger partial charge in [-0.25, -0.2) is 4.98 Å². The molecule has 2 aromatic heterocycles. The number of carbonyl (C=O) groups excluding carboxylic acids is 1. The molecule has 1 N–H and O–H groups in total. The molecule has 1 amide bonds. The van der Waals surface area contributed by atoms with Crippen LogP contribution >= 0.6 is 11.6 Å². The number of halogens is 1. The highest BCUT2D eigenvalue weighted by Gasteiger charge is 2.15. The van der Waals surface area contributed by atoms with Crippen molar-refractivity contribution in [2.75, 3.05) is 0 Å². The second kappa shape index (κ2) is 8.56. The van der Waals surface area contributed by atoms with Gasteiger partial charge in [-0.05, 0) is 37.1 Å². The van der Waals surface area contributed by atoms with E-state index in [0.29, 0.717) is 36.1 Å². The number of aromatic nitrogens is 4. The third-order valence-electron chi connectivity index (χ3n) is 4.88. The van der Waals surface area contributed by atoms with E-state index in [4.69, 9.17) is 16.0 Å². The van der Waals surface area contributed by atoms with Gasteiger partial charge in [0, 0.05) is 36.4 Å². The van der Waals surface area contributed by atoms with Crippen LogP contribution in [0.3, 0.4) is 0 Å².